The minimum Gasteiger partial charge on any atom is -0.312 e. The number of hydrogen-bond acceptors (Lipinski definition) is 3. The Morgan fingerprint density at radius 2 is 2.36 bits per heavy atom. The van der Waals surface area contributed by atoms with Crippen LogP contribution in [0.15, 0.2) is 22.9 Å². The quantitative estimate of drug-likeness (QED) is 0.894. The lowest BCUT2D eigenvalue weighted by Crippen LogP contribution is -2.22. The van der Waals surface area contributed by atoms with Gasteiger partial charge in [-0.1, -0.05) is 6.92 Å². The van der Waals surface area contributed by atoms with Crippen LogP contribution in [0.4, 0.5) is 0 Å². The zero-order valence-electron chi connectivity index (χ0n) is 8.46. The normalized spacial score (nSPS) is 12.8. The highest BCUT2D eigenvalue weighted by Crippen LogP contribution is 2.09. The van der Waals surface area contributed by atoms with E-state index < -0.39 is 0 Å². The van der Waals surface area contributed by atoms with Gasteiger partial charge < -0.3 is 5.32 Å². The Bertz CT molecular complexity index is 281. The van der Waals surface area contributed by atoms with Gasteiger partial charge in [-0.15, -0.1) is 0 Å². The number of aromatic nitrogens is 1. The van der Waals surface area contributed by atoms with Crippen LogP contribution < -0.4 is 5.32 Å². The molecule has 0 aliphatic carbocycles. The van der Waals surface area contributed by atoms with Gasteiger partial charge in [0.05, 0.1) is 0 Å². The Hall–Kier alpha value is -0.0600. The second-order valence-corrected chi connectivity index (χ2v) is 5.38. The van der Waals surface area contributed by atoms with Crippen molar-refractivity contribution >= 4 is 27.7 Å². The number of pyridine rings is 1. The molecule has 1 rings (SSSR count). The summed E-state index contributed by atoms with van der Waals surface area (Å²) in [4.78, 5) is 4.11. The first-order valence-corrected chi connectivity index (χ1v) is 6.63. The van der Waals surface area contributed by atoms with E-state index in [1.54, 1.807) is 6.20 Å². The predicted octanol–water partition coefficient (Wildman–Crippen LogP) is 2.69. The third kappa shape index (κ3) is 4.44. The summed E-state index contributed by atoms with van der Waals surface area (Å²) in [5, 5.41) is 4.06. The first-order valence-electron chi connectivity index (χ1n) is 4.55. The van der Waals surface area contributed by atoms with Gasteiger partial charge in [-0.05, 0) is 33.8 Å². The molecule has 0 fully saturated rings. The van der Waals surface area contributed by atoms with Crippen LogP contribution in [0.5, 0.6) is 0 Å². The van der Waals surface area contributed by atoms with Gasteiger partial charge in [-0.3, -0.25) is 4.98 Å². The topological polar surface area (TPSA) is 24.9 Å². The summed E-state index contributed by atoms with van der Waals surface area (Å²) in [6, 6.07) is 2.09. The van der Waals surface area contributed by atoms with Gasteiger partial charge >= 0.3 is 0 Å². The van der Waals surface area contributed by atoms with Gasteiger partial charge in [0.25, 0.3) is 0 Å². The predicted molar refractivity (Wildman–Crippen MR) is 66.6 cm³/mol. The molecule has 2 nitrogen and oxygen atoms in total. The van der Waals surface area contributed by atoms with E-state index >= 15 is 0 Å². The molecule has 0 aliphatic heterocycles. The van der Waals surface area contributed by atoms with Gasteiger partial charge in [0.15, 0.2) is 0 Å². The molecule has 0 amide bonds. The number of thioether (sulfide) groups is 1. The maximum Gasteiger partial charge on any atom is 0.0410 e. The fraction of sp³-hybridized carbons (Fsp3) is 0.500. The van der Waals surface area contributed by atoms with Crippen LogP contribution in [-0.4, -0.2) is 23.0 Å². The summed E-state index contributed by atoms with van der Waals surface area (Å²) in [6.07, 6.45) is 5.82. The highest BCUT2D eigenvalue weighted by molar-refractivity contribution is 9.10. The molecule has 1 heterocycles. The van der Waals surface area contributed by atoms with E-state index in [1.807, 2.05) is 18.0 Å². The molecular weight excluding hydrogens is 260 g/mol. The van der Waals surface area contributed by atoms with Crippen molar-refractivity contribution in [3.8, 4) is 0 Å². The monoisotopic (exact) mass is 274 g/mol. The first-order chi connectivity index (χ1) is 6.72. The number of hydrogen-bond donors (Lipinski definition) is 1. The summed E-state index contributed by atoms with van der Waals surface area (Å²) in [7, 11) is 0. The Morgan fingerprint density at radius 3 is 3.00 bits per heavy atom. The van der Waals surface area contributed by atoms with Crippen molar-refractivity contribution in [3.63, 3.8) is 0 Å². The van der Waals surface area contributed by atoms with Crippen LogP contribution >= 0.6 is 27.7 Å². The minimum atomic E-state index is 0.662. The molecular formula is C10H15BrN2S. The Morgan fingerprint density at radius 1 is 1.57 bits per heavy atom. The smallest absolute Gasteiger partial charge is 0.0410 e. The maximum absolute atomic E-state index is 4.11. The molecule has 0 spiro atoms. The fourth-order valence-corrected chi connectivity index (χ4v) is 1.75. The Labute approximate surface area is 98.0 Å². The van der Waals surface area contributed by atoms with Crippen LogP contribution in [0.25, 0.3) is 0 Å². The summed E-state index contributed by atoms with van der Waals surface area (Å²) < 4.78 is 1.04. The summed E-state index contributed by atoms with van der Waals surface area (Å²) in [6.45, 7) is 4.14. The first kappa shape index (κ1) is 12.0. The largest absolute Gasteiger partial charge is 0.312 e. The number of rotatable bonds is 5. The molecule has 4 heteroatoms. The molecule has 0 aromatic carbocycles. The second kappa shape index (κ2) is 6.43. The van der Waals surface area contributed by atoms with Crippen molar-refractivity contribution in [2.24, 2.45) is 0 Å². The van der Waals surface area contributed by atoms with E-state index in [4.69, 9.17) is 0 Å². The molecule has 78 valence electrons. The van der Waals surface area contributed by atoms with E-state index in [9.17, 15) is 0 Å². The second-order valence-electron chi connectivity index (χ2n) is 3.19. The van der Waals surface area contributed by atoms with Crippen molar-refractivity contribution in [1.29, 1.82) is 0 Å². The van der Waals surface area contributed by atoms with Gasteiger partial charge in [-0.25, -0.2) is 0 Å². The molecule has 0 aliphatic rings. The number of halogens is 1. The van der Waals surface area contributed by atoms with Crippen LogP contribution in [0.2, 0.25) is 0 Å². The lowest BCUT2D eigenvalue weighted by Gasteiger charge is -2.09. The number of nitrogens with zero attached hydrogens (tertiary/aromatic N) is 1. The van der Waals surface area contributed by atoms with Crippen molar-refractivity contribution in [2.45, 2.75) is 18.7 Å². The van der Waals surface area contributed by atoms with E-state index in [1.165, 1.54) is 5.56 Å². The average molecular weight is 275 g/mol. The zero-order chi connectivity index (χ0) is 10.4. The minimum absolute atomic E-state index is 0.662. The molecule has 1 aromatic rings. The molecule has 1 unspecified atom stereocenters. The van der Waals surface area contributed by atoms with Crippen LogP contribution in [0.1, 0.15) is 12.5 Å². The molecule has 14 heavy (non-hydrogen) atoms. The molecule has 0 radical (unpaired) electrons. The van der Waals surface area contributed by atoms with E-state index in [0.717, 1.165) is 17.6 Å². The van der Waals surface area contributed by atoms with Gasteiger partial charge in [0, 0.05) is 35.2 Å². The van der Waals surface area contributed by atoms with Gasteiger partial charge in [0.1, 0.15) is 0 Å². The van der Waals surface area contributed by atoms with Crippen molar-refractivity contribution in [1.82, 2.24) is 10.3 Å². The fourth-order valence-electron chi connectivity index (χ4n) is 1.06. The average Bonchev–Trinajstić information content (AvgIpc) is 2.17. The highest BCUT2D eigenvalue weighted by atomic mass is 79.9. The van der Waals surface area contributed by atoms with Crippen LogP contribution in [0.3, 0.4) is 0 Å². The lowest BCUT2D eigenvalue weighted by molar-refractivity contribution is 0.682. The third-order valence-corrected chi connectivity index (χ3v) is 3.33. The maximum atomic E-state index is 4.11. The number of nitrogens with one attached hydrogen (secondary N) is 1. The van der Waals surface area contributed by atoms with Crippen molar-refractivity contribution < 1.29 is 0 Å². The molecule has 0 saturated carbocycles. The molecule has 0 saturated heterocycles. The van der Waals surface area contributed by atoms with E-state index in [0.29, 0.717) is 5.25 Å². The standard InChI is InChI=1S/C10H15BrN2S/c1-8(14-2)4-12-5-9-3-10(11)7-13-6-9/h3,6-8,12H,4-5H2,1-2H3. The molecule has 1 atom stereocenters. The van der Waals surface area contributed by atoms with Crippen molar-refractivity contribution in [2.75, 3.05) is 12.8 Å². The Balaban J connectivity index is 2.31. The molecule has 1 N–H and O–H groups in total. The summed E-state index contributed by atoms with van der Waals surface area (Å²) in [5.41, 5.74) is 1.22. The SMILES string of the molecule is CSC(C)CNCc1cncc(Br)c1. The molecule has 1 aromatic heterocycles. The third-order valence-electron chi connectivity index (χ3n) is 1.92. The highest BCUT2D eigenvalue weighted by Gasteiger charge is 1.99. The van der Waals surface area contributed by atoms with E-state index in [-0.39, 0.29) is 0 Å². The van der Waals surface area contributed by atoms with Gasteiger partial charge in [0.2, 0.25) is 0 Å². The molecule has 0 bridgehead atoms. The van der Waals surface area contributed by atoms with E-state index in [2.05, 4.69) is 45.5 Å². The lowest BCUT2D eigenvalue weighted by atomic mass is 10.3. The zero-order valence-corrected chi connectivity index (χ0v) is 10.9. The van der Waals surface area contributed by atoms with Crippen molar-refractivity contribution in [3.05, 3.63) is 28.5 Å². The van der Waals surface area contributed by atoms with Crippen LogP contribution in [0, 0.1) is 0 Å². The van der Waals surface area contributed by atoms with Crippen LogP contribution in [-0.2, 0) is 6.54 Å². The summed E-state index contributed by atoms with van der Waals surface area (Å²) in [5.74, 6) is 0. The van der Waals surface area contributed by atoms with Gasteiger partial charge in [-0.2, -0.15) is 11.8 Å². The Kier molecular flexibility index (Phi) is 5.52. The summed E-state index contributed by atoms with van der Waals surface area (Å²) >= 11 is 5.28.